The van der Waals surface area contributed by atoms with E-state index in [4.69, 9.17) is 16.3 Å². The lowest BCUT2D eigenvalue weighted by atomic mass is 10.1. The van der Waals surface area contributed by atoms with Crippen LogP contribution in [0.3, 0.4) is 0 Å². The quantitative estimate of drug-likeness (QED) is 0.363. The van der Waals surface area contributed by atoms with Gasteiger partial charge in [-0.3, -0.25) is 5.01 Å². The summed E-state index contributed by atoms with van der Waals surface area (Å²) < 4.78 is 46.7. The molecule has 0 aliphatic carbocycles. The Balaban J connectivity index is 2.90. The summed E-state index contributed by atoms with van der Waals surface area (Å²) in [4.78, 5) is 1.42. The second kappa shape index (κ2) is 9.73. The topological polar surface area (TPSA) is 67.8 Å². The number of aryl methyl sites for hydroxylation is 1. The van der Waals surface area contributed by atoms with Crippen LogP contribution in [0, 0.1) is 5.82 Å². The van der Waals surface area contributed by atoms with E-state index < -0.39 is 18.3 Å². The Bertz CT molecular complexity index is 648. The van der Waals surface area contributed by atoms with Gasteiger partial charge in [-0.15, -0.1) is 0 Å². The monoisotopic (exact) mass is 388 g/mol. The molecule has 0 atom stereocenters. The van der Waals surface area contributed by atoms with E-state index in [1.807, 2.05) is 13.8 Å². The average molecular weight is 388 g/mol. The number of hydrogen-bond acceptors (Lipinski definition) is 5. The van der Waals surface area contributed by atoms with Crippen LogP contribution in [0.2, 0.25) is 0 Å². The number of allylic oxidation sites excluding steroid dienone is 1. The fraction of sp³-hybridized carbons (Fsp3) is 0.579. The summed E-state index contributed by atoms with van der Waals surface area (Å²) in [6.45, 7) is 4.63. The van der Waals surface area contributed by atoms with Crippen molar-refractivity contribution in [3.05, 3.63) is 35.4 Å². The zero-order valence-corrected chi connectivity index (χ0v) is 16.7. The predicted molar refractivity (Wildman–Crippen MR) is 103 cm³/mol. The van der Waals surface area contributed by atoms with E-state index in [0.717, 1.165) is 5.56 Å². The van der Waals surface area contributed by atoms with E-state index >= 15 is 0 Å². The Hall–Kier alpha value is -2.09. The third kappa shape index (κ3) is 7.21. The number of benzene rings is 1. The Morgan fingerprint density at radius 2 is 1.93 bits per heavy atom. The van der Waals surface area contributed by atoms with Gasteiger partial charge in [-0.1, -0.05) is 6.92 Å². The van der Waals surface area contributed by atoms with Crippen molar-refractivity contribution in [2.75, 3.05) is 26.4 Å². The first-order valence-corrected chi connectivity index (χ1v) is 8.99. The standard InChI is InChI=1S/C19H31F3N4O/c1-6-19(21,22)12-25(4)18(26(5)24)9-7-8-14-10-17(27-13(2)3)15(20)11-16(14)23/h9-11,13H,6-8,12,23-24H2,1-5H3/b18-9-. The Kier molecular flexibility index (Phi) is 8.27. The summed E-state index contributed by atoms with van der Waals surface area (Å²) in [6.07, 6.45) is 2.34. The summed E-state index contributed by atoms with van der Waals surface area (Å²) in [5.41, 5.74) is 6.95. The van der Waals surface area contributed by atoms with Gasteiger partial charge < -0.3 is 15.4 Å². The van der Waals surface area contributed by atoms with E-state index in [0.29, 0.717) is 24.4 Å². The fourth-order valence-corrected chi connectivity index (χ4v) is 2.64. The maximum absolute atomic E-state index is 13.9. The molecule has 4 N–H and O–H groups in total. The van der Waals surface area contributed by atoms with Crippen molar-refractivity contribution in [3.63, 3.8) is 0 Å². The van der Waals surface area contributed by atoms with E-state index in [-0.39, 0.29) is 18.3 Å². The minimum atomic E-state index is -2.80. The maximum atomic E-state index is 13.9. The van der Waals surface area contributed by atoms with Crippen molar-refractivity contribution in [2.45, 2.75) is 52.1 Å². The lowest BCUT2D eigenvalue weighted by molar-refractivity contribution is -0.0278. The van der Waals surface area contributed by atoms with Gasteiger partial charge in [0, 0.05) is 32.3 Å². The van der Waals surface area contributed by atoms with Crippen LogP contribution in [0.25, 0.3) is 0 Å². The van der Waals surface area contributed by atoms with Gasteiger partial charge in [0.25, 0.3) is 5.92 Å². The molecule has 0 saturated carbocycles. The smallest absolute Gasteiger partial charge is 0.265 e. The van der Waals surface area contributed by atoms with Gasteiger partial charge in [-0.2, -0.15) is 0 Å². The second-order valence-corrected chi connectivity index (χ2v) is 6.93. The zero-order chi connectivity index (χ0) is 20.8. The number of halogens is 3. The molecule has 0 heterocycles. The Morgan fingerprint density at radius 3 is 2.44 bits per heavy atom. The lowest BCUT2D eigenvalue weighted by Crippen LogP contribution is -2.40. The van der Waals surface area contributed by atoms with Crippen LogP contribution in [0.4, 0.5) is 18.9 Å². The molecular formula is C19H31F3N4O. The normalized spacial score (nSPS) is 12.4. The molecule has 0 aromatic heterocycles. The molecule has 0 bridgehead atoms. The van der Waals surface area contributed by atoms with Gasteiger partial charge >= 0.3 is 0 Å². The molecule has 1 rings (SSSR count). The molecule has 0 aliphatic rings. The second-order valence-electron chi connectivity index (χ2n) is 6.93. The predicted octanol–water partition coefficient (Wildman–Crippen LogP) is 3.75. The average Bonchev–Trinajstić information content (AvgIpc) is 2.54. The SMILES string of the molecule is CCC(F)(F)CN(C)/C(=C/CCc1cc(OC(C)C)c(F)cc1N)N(C)N. The molecule has 1 aromatic rings. The first kappa shape index (κ1) is 23.0. The van der Waals surface area contributed by atoms with Gasteiger partial charge in [0.2, 0.25) is 0 Å². The van der Waals surface area contributed by atoms with E-state index in [1.165, 1.54) is 22.9 Å². The third-order valence-electron chi connectivity index (χ3n) is 4.04. The summed E-state index contributed by atoms with van der Waals surface area (Å²) in [5, 5.41) is 1.30. The number of nitrogens with zero attached hydrogens (tertiary/aromatic N) is 2. The minimum Gasteiger partial charge on any atom is -0.488 e. The first-order valence-electron chi connectivity index (χ1n) is 8.99. The van der Waals surface area contributed by atoms with Crippen LogP contribution < -0.4 is 16.3 Å². The molecule has 0 saturated heterocycles. The van der Waals surface area contributed by atoms with Gasteiger partial charge in [-0.25, -0.2) is 19.0 Å². The van der Waals surface area contributed by atoms with Crippen LogP contribution in [0.1, 0.15) is 39.2 Å². The van der Waals surface area contributed by atoms with Crippen LogP contribution in [-0.2, 0) is 6.42 Å². The van der Waals surface area contributed by atoms with E-state index in [1.54, 1.807) is 26.2 Å². The van der Waals surface area contributed by atoms with Crippen LogP contribution >= 0.6 is 0 Å². The number of nitrogen functional groups attached to an aromatic ring is 1. The summed E-state index contributed by atoms with van der Waals surface area (Å²) in [6, 6.07) is 2.82. The van der Waals surface area contributed by atoms with Crippen molar-refractivity contribution in [2.24, 2.45) is 5.84 Å². The lowest BCUT2D eigenvalue weighted by Gasteiger charge is -2.30. The van der Waals surface area contributed by atoms with Gasteiger partial charge in [0.1, 0.15) is 5.82 Å². The van der Waals surface area contributed by atoms with E-state index in [2.05, 4.69) is 0 Å². The van der Waals surface area contributed by atoms with Crippen molar-refractivity contribution < 1.29 is 17.9 Å². The van der Waals surface area contributed by atoms with Crippen LogP contribution in [-0.4, -0.2) is 42.6 Å². The highest BCUT2D eigenvalue weighted by molar-refractivity contribution is 5.51. The number of alkyl halides is 2. The molecule has 8 heteroatoms. The molecule has 1 aromatic carbocycles. The van der Waals surface area contributed by atoms with E-state index in [9.17, 15) is 13.2 Å². The highest BCUT2D eigenvalue weighted by Crippen LogP contribution is 2.27. The highest BCUT2D eigenvalue weighted by Gasteiger charge is 2.29. The molecule has 5 nitrogen and oxygen atoms in total. The van der Waals surface area contributed by atoms with Gasteiger partial charge in [0.15, 0.2) is 11.6 Å². The summed E-state index contributed by atoms with van der Waals surface area (Å²) >= 11 is 0. The number of hydrogen-bond donors (Lipinski definition) is 2. The van der Waals surface area contributed by atoms with Crippen molar-refractivity contribution in [3.8, 4) is 5.75 Å². The highest BCUT2D eigenvalue weighted by atomic mass is 19.3. The summed E-state index contributed by atoms with van der Waals surface area (Å²) in [7, 11) is 3.16. The molecule has 27 heavy (non-hydrogen) atoms. The number of ether oxygens (including phenoxy) is 1. The molecule has 0 amide bonds. The third-order valence-corrected chi connectivity index (χ3v) is 4.04. The van der Waals surface area contributed by atoms with Crippen molar-refractivity contribution >= 4 is 5.69 Å². The number of rotatable bonds is 10. The molecule has 154 valence electrons. The Morgan fingerprint density at radius 1 is 1.30 bits per heavy atom. The fourth-order valence-electron chi connectivity index (χ4n) is 2.64. The first-order chi connectivity index (χ1) is 12.5. The van der Waals surface area contributed by atoms with Gasteiger partial charge in [0.05, 0.1) is 12.6 Å². The molecule has 0 radical (unpaired) electrons. The van der Waals surface area contributed by atoms with Gasteiger partial charge in [-0.05, 0) is 44.4 Å². The number of anilines is 1. The molecule has 0 fully saturated rings. The van der Waals surface area contributed by atoms with Crippen LogP contribution in [0.15, 0.2) is 24.0 Å². The molecular weight excluding hydrogens is 357 g/mol. The number of nitrogens with two attached hydrogens (primary N) is 2. The largest absolute Gasteiger partial charge is 0.488 e. The summed E-state index contributed by atoms with van der Waals surface area (Å²) in [5.74, 6) is 3.10. The number of hydrazine groups is 1. The van der Waals surface area contributed by atoms with Crippen molar-refractivity contribution in [1.29, 1.82) is 0 Å². The van der Waals surface area contributed by atoms with Crippen LogP contribution in [0.5, 0.6) is 5.75 Å². The van der Waals surface area contributed by atoms with Crippen molar-refractivity contribution in [1.82, 2.24) is 9.91 Å². The molecule has 0 spiro atoms. The Labute approximate surface area is 159 Å². The molecule has 0 unspecified atom stereocenters. The maximum Gasteiger partial charge on any atom is 0.265 e. The zero-order valence-electron chi connectivity index (χ0n) is 16.7. The minimum absolute atomic E-state index is 0.147. The molecule has 0 aliphatic heterocycles.